The summed E-state index contributed by atoms with van der Waals surface area (Å²) in [5, 5.41) is 6.58. The minimum atomic E-state index is 0.274. The number of hydrogen-bond acceptors (Lipinski definition) is 4. The predicted molar refractivity (Wildman–Crippen MR) is 95.2 cm³/mol. The number of hydrazone groups is 1. The number of ether oxygens (including phenoxy) is 2. The Kier molecular flexibility index (Phi) is 3.86. The van der Waals surface area contributed by atoms with Gasteiger partial charge in [-0.25, -0.2) is 5.01 Å². The highest BCUT2D eigenvalue weighted by atomic mass is 16.7. The molecule has 0 saturated carbocycles. The molecule has 3 aromatic rings. The average molecular weight is 316 g/mol. The number of benzene rings is 3. The monoisotopic (exact) mass is 316 g/mol. The third-order valence-electron chi connectivity index (χ3n) is 3.72. The van der Waals surface area contributed by atoms with Crippen molar-refractivity contribution >= 4 is 17.6 Å². The van der Waals surface area contributed by atoms with Gasteiger partial charge >= 0.3 is 0 Å². The van der Waals surface area contributed by atoms with Crippen molar-refractivity contribution in [2.75, 3.05) is 11.8 Å². The van der Waals surface area contributed by atoms with E-state index in [0.717, 1.165) is 28.4 Å². The topological polar surface area (TPSA) is 34.1 Å². The van der Waals surface area contributed by atoms with Crippen LogP contribution >= 0.6 is 0 Å². The second-order valence-electron chi connectivity index (χ2n) is 5.34. The molecule has 118 valence electrons. The Balaban J connectivity index is 1.67. The van der Waals surface area contributed by atoms with Crippen LogP contribution in [0.15, 0.2) is 84.0 Å². The highest BCUT2D eigenvalue weighted by molar-refractivity contribution is 5.83. The highest BCUT2D eigenvalue weighted by Crippen LogP contribution is 2.32. The van der Waals surface area contributed by atoms with Gasteiger partial charge in [-0.1, -0.05) is 36.4 Å². The minimum Gasteiger partial charge on any atom is -0.454 e. The van der Waals surface area contributed by atoms with Crippen molar-refractivity contribution in [1.29, 1.82) is 0 Å². The summed E-state index contributed by atoms with van der Waals surface area (Å²) in [6.07, 6.45) is 1.82. The first-order chi connectivity index (χ1) is 11.9. The summed E-state index contributed by atoms with van der Waals surface area (Å²) in [7, 11) is 0. The fourth-order valence-electron chi connectivity index (χ4n) is 2.54. The summed E-state index contributed by atoms with van der Waals surface area (Å²) in [6.45, 7) is 0.274. The lowest BCUT2D eigenvalue weighted by Crippen LogP contribution is -2.09. The molecule has 3 aromatic carbocycles. The van der Waals surface area contributed by atoms with Gasteiger partial charge in [0.05, 0.1) is 17.6 Å². The Labute approximate surface area is 140 Å². The third kappa shape index (κ3) is 2.94. The van der Waals surface area contributed by atoms with Crippen LogP contribution in [0.5, 0.6) is 11.5 Å². The van der Waals surface area contributed by atoms with Crippen LogP contribution in [0, 0.1) is 0 Å². The van der Waals surface area contributed by atoms with Crippen LogP contribution in [0.3, 0.4) is 0 Å². The number of fused-ring (bicyclic) bond motifs is 1. The number of para-hydroxylation sites is 2. The smallest absolute Gasteiger partial charge is 0.231 e. The van der Waals surface area contributed by atoms with Crippen LogP contribution in [-0.4, -0.2) is 13.0 Å². The maximum absolute atomic E-state index is 5.42. The maximum atomic E-state index is 5.42. The molecule has 0 aromatic heterocycles. The molecule has 0 unspecified atom stereocenters. The molecule has 1 aliphatic heterocycles. The molecule has 4 heteroatoms. The second-order valence-corrected chi connectivity index (χ2v) is 5.34. The van der Waals surface area contributed by atoms with E-state index in [0.29, 0.717) is 0 Å². The SMILES string of the molecule is C(=NN(c1ccccc1)c1ccccc1)c1ccc2c(c1)OCO2. The first-order valence-corrected chi connectivity index (χ1v) is 7.74. The molecule has 0 radical (unpaired) electrons. The van der Waals surface area contributed by atoms with Crippen molar-refractivity contribution < 1.29 is 9.47 Å². The number of nitrogens with zero attached hydrogens (tertiary/aromatic N) is 2. The summed E-state index contributed by atoms with van der Waals surface area (Å²) in [5.74, 6) is 1.53. The van der Waals surface area contributed by atoms with Gasteiger partial charge in [0, 0.05) is 0 Å². The Bertz CT molecular complexity index is 809. The van der Waals surface area contributed by atoms with Crippen LogP contribution < -0.4 is 14.5 Å². The molecule has 0 bridgehead atoms. The molecule has 0 atom stereocenters. The largest absolute Gasteiger partial charge is 0.454 e. The molecule has 0 spiro atoms. The molecule has 0 N–H and O–H groups in total. The van der Waals surface area contributed by atoms with Crippen LogP contribution in [-0.2, 0) is 0 Å². The van der Waals surface area contributed by atoms with E-state index in [-0.39, 0.29) is 6.79 Å². The van der Waals surface area contributed by atoms with Gasteiger partial charge in [0.15, 0.2) is 11.5 Å². The molecule has 1 heterocycles. The highest BCUT2D eigenvalue weighted by Gasteiger charge is 2.13. The summed E-state index contributed by atoms with van der Waals surface area (Å²) in [6, 6.07) is 25.9. The van der Waals surface area contributed by atoms with Crippen LogP contribution in [0.2, 0.25) is 0 Å². The summed E-state index contributed by atoms with van der Waals surface area (Å²) in [4.78, 5) is 0. The number of rotatable bonds is 4. The van der Waals surface area contributed by atoms with E-state index in [1.165, 1.54) is 0 Å². The lowest BCUT2D eigenvalue weighted by atomic mass is 10.2. The van der Waals surface area contributed by atoms with E-state index in [4.69, 9.17) is 9.47 Å². The standard InChI is InChI=1S/C20H16N2O2/c1-3-7-17(8-4-1)22(18-9-5-2-6-10-18)21-14-16-11-12-19-20(13-16)24-15-23-19/h1-14H,15H2. The molecule has 0 aliphatic carbocycles. The lowest BCUT2D eigenvalue weighted by Gasteiger charge is -2.19. The molecule has 0 fully saturated rings. The van der Waals surface area contributed by atoms with Gasteiger partial charge in [0.25, 0.3) is 0 Å². The van der Waals surface area contributed by atoms with E-state index in [1.807, 2.05) is 90.1 Å². The number of anilines is 2. The molecule has 4 nitrogen and oxygen atoms in total. The van der Waals surface area contributed by atoms with Gasteiger partial charge in [-0.3, -0.25) is 0 Å². The van der Waals surface area contributed by atoms with Crippen LogP contribution in [0.4, 0.5) is 11.4 Å². The molecular weight excluding hydrogens is 300 g/mol. The van der Waals surface area contributed by atoms with Gasteiger partial charge in [0.2, 0.25) is 6.79 Å². The van der Waals surface area contributed by atoms with Gasteiger partial charge in [-0.05, 0) is 48.0 Å². The van der Waals surface area contributed by atoms with Crippen molar-refractivity contribution in [2.45, 2.75) is 0 Å². The average Bonchev–Trinajstić information content (AvgIpc) is 3.11. The molecule has 24 heavy (non-hydrogen) atoms. The van der Waals surface area contributed by atoms with Gasteiger partial charge in [0.1, 0.15) is 0 Å². The van der Waals surface area contributed by atoms with Crippen LogP contribution in [0.25, 0.3) is 0 Å². The minimum absolute atomic E-state index is 0.274. The zero-order chi connectivity index (χ0) is 16.2. The van der Waals surface area contributed by atoms with Crippen molar-refractivity contribution in [1.82, 2.24) is 0 Å². The van der Waals surface area contributed by atoms with E-state index in [1.54, 1.807) is 0 Å². The third-order valence-corrected chi connectivity index (χ3v) is 3.72. The zero-order valence-electron chi connectivity index (χ0n) is 13.0. The number of hydrogen-bond donors (Lipinski definition) is 0. The Morgan fingerprint density at radius 2 is 1.38 bits per heavy atom. The van der Waals surface area contributed by atoms with Crippen molar-refractivity contribution in [3.8, 4) is 11.5 Å². The summed E-state index contributed by atoms with van der Waals surface area (Å²) < 4.78 is 10.8. The molecule has 0 amide bonds. The molecular formula is C20H16N2O2. The Morgan fingerprint density at radius 3 is 2.04 bits per heavy atom. The maximum Gasteiger partial charge on any atom is 0.231 e. The summed E-state index contributed by atoms with van der Waals surface area (Å²) in [5.41, 5.74) is 2.96. The van der Waals surface area contributed by atoms with Gasteiger partial charge < -0.3 is 9.47 Å². The lowest BCUT2D eigenvalue weighted by molar-refractivity contribution is 0.174. The Morgan fingerprint density at radius 1 is 0.750 bits per heavy atom. The van der Waals surface area contributed by atoms with Crippen molar-refractivity contribution in [3.05, 3.63) is 84.4 Å². The normalized spacial score (nSPS) is 12.5. The molecule has 4 rings (SSSR count). The summed E-state index contributed by atoms with van der Waals surface area (Å²) >= 11 is 0. The van der Waals surface area contributed by atoms with Crippen molar-refractivity contribution in [3.63, 3.8) is 0 Å². The predicted octanol–water partition coefficient (Wildman–Crippen LogP) is 4.59. The van der Waals surface area contributed by atoms with E-state index >= 15 is 0 Å². The van der Waals surface area contributed by atoms with E-state index in [9.17, 15) is 0 Å². The van der Waals surface area contributed by atoms with E-state index < -0.39 is 0 Å². The van der Waals surface area contributed by atoms with Gasteiger partial charge in [-0.2, -0.15) is 5.10 Å². The Hall–Kier alpha value is -3.27. The second kappa shape index (κ2) is 6.46. The fraction of sp³-hybridized carbons (Fsp3) is 0.0500. The van der Waals surface area contributed by atoms with Crippen LogP contribution in [0.1, 0.15) is 5.56 Å². The quantitative estimate of drug-likeness (QED) is 0.521. The molecule has 0 saturated heterocycles. The zero-order valence-corrected chi connectivity index (χ0v) is 13.0. The molecule has 1 aliphatic rings. The van der Waals surface area contributed by atoms with Gasteiger partial charge in [-0.15, -0.1) is 0 Å². The fourth-order valence-corrected chi connectivity index (χ4v) is 2.54. The first kappa shape index (κ1) is 14.3. The van der Waals surface area contributed by atoms with Crippen molar-refractivity contribution in [2.24, 2.45) is 5.10 Å². The van der Waals surface area contributed by atoms with E-state index in [2.05, 4.69) is 5.10 Å². The first-order valence-electron chi connectivity index (χ1n) is 7.74.